The Hall–Kier alpha value is -3.77. The largest absolute Gasteiger partial charge is 0.480 e. The van der Waals surface area contributed by atoms with Crippen molar-refractivity contribution in [2.75, 3.05) is 0 Å². The summed E-state index contributed by atoms with van der Waals surface area (Å²) in [6.07, 6.45) is 0.0697. The lowest BCUT2D eigenvalue weighted by molar-refractivity contribution is -0.142. The fourth-order valence-electron chi connectivity index (χ4n) is 3.34. The van der Waals surface area contributed by atoms with E-state index in [1.54, 1.807) is 24.3 Å². The summed E-state index contributed by atoms with van der Waals surface area (Å²) in [4.78, 5) is 37.6. The summed E-state index contributed by atoms with van der Waals surface area (Å²) >= 11 is 0. The van der Waals surface area contributed by atoms with Gasteiger partial charge >= 0.3 is 5.97 Å². The van der Waals surface area contributed by atoms with E-state index in [9.17, 15) is 19.5 Å². The SMILES string of the molecule is O=C(C[C@H](NCc1ccccc1)C(=O)N[C@@H](Cc1ccccc1)C(=O)O)c1ccccc1. The van der Waals surface area contributed by atoms with Gasteiger partial charge < -0.3 is 15.7 Å². The van der Waals surface area contributed by atoms with Crippen LogP contribution in [0.25, 0.3) is 0 Å². The van der Waals surface area contributed by atoms with Gasteiger partial charge in [-0.05, 0) is 11.1 Å². The van der Waals surface area contributed by atoms with Gasteiger partial charge in [-0.2, -0.15) is 0 Å². The Morgan fingerprint density at radius 2 is 1.25 bits per heavy atom. The second kappa shape index (κ2) is 11.6. The highest BCUT2D eigenvalue weighted by molar-refractivity contribution is 6.00. The summed E-state index contributed by atoms with van der Waals surface area (Å²) < 4.78 is 0. The van der Waals surface area contributed by atoms with Gasteiger partial charge in [0.1, 0.15) is 6.04 Å². The molecule has 0 saturated carbocycles. The number of carbonyl (C=O) groups excluding carboxylic acids is 2. The molecule has 0 heterocycles. The van der Waals surface area contributed by atoms with Gasteiger partial charge in [-0.3, -0.25) is 9.59 Å². The number of carboxylic acid groups (broad SMARTS) is 1. The zero-order valence-electron chi connectivity index (χ0n) is 17.6. The number of amides is 1. The zero-order chi connectivity index (χ0) is 22.8. The summed E-state index contributed by atoms with van der Waals surface area (Å²) in [7, 11) is 0. The van der Waals surface area contributed by atoms with Gasteiger partial charge in [0.05, 0.1) is 6.04 Å². The second-order valence-corrected chi connectivity index (χ2v) is 7.50. The van der Waals surface area contributed by atoms with Gasteiger partial charge in [0.25, 0.3) is 0 Å². The van der Waals surface area contributed by atoms with E-state index in [1.807, 2.05) is 66.7 Å². The van der Waals surface area contributed by atoms with Crippen molar-refractivity contribution < 1.29 is 19.5 Å². The van der Waals surface area contributed by atoms with Crippen LogP contribution in [0, 0.1) is 0 Å². The standard InChI is InChI=1S/C26H26N2O4/c29-24(21-14-8-3-9-15-21)17-22(27-18-20-12-6-2-7-13-20)25(30)28-23(26(31)32)16-19-10-4-1-5-11-19/h1-15,22-23,27H,16-18H2,(H,28,30)(H,31,32)/t22-,23-/m0/s1. The van der Waals surface area contributed by atoms with E-state index in [4.69, 9.17) is 0 Å². The fourth-order valence-corrected chi connectivity index (χ4v) is 3.34. The van der Waals surface area contributed by atoms with Crippen LogP contribution in [-0.4, -0.2) is 34.8 Å². The third-order valence-corrected chi connectivity index (χ3v) is 5.09. The predicted octanol–water partition coefficient (Wildman–Crippen LogP) is 3.23. The Morgan fingerprint density at radius 1 is 0.719 bits per heavy atom. The van der Waals surface area contributed by atoms with Crippen molar-refractivity contribution in [2.45, 2.75) is 31.5 Å². The van der Waals surface area contributed by atoms with E-state index in [-0.39, 0.29) is 18.6 Å². The number of benzene rings is 3. The maximum atomic E-state index is 13.0. The highest BCUT2D eigenvalue weighted by atomic mass is 16.4. The van der Waals surface area contributed by atoms with Gasteiger partial charge in [-0.15, -0.1) is 0 Å². The van der Waals surface area contributed by atoms with Crippen molar-refractivity contribution in [3.05, 3.63) is 108 Å². The number of nitrogens with one attached hydrogen (secondary N) is 2. The molecule has 6 heteroatoms. The molecule has 0 aliphatic heterocycles. The normalized spacial score (nSPS) is 12.5. The molecule has 0 unspecified atom stereocenters. The quantitative estimate of drug-likeness (QED) is 0.406. The third kappa shape index (κ3) is 6.89. The monoisotopic (exact) mass is 430 g/mol. The Kier molecular flexibility index (Phi) is 8.29. The van der Waals surface area contributed by atoms with Crippen molar-refractivity contribution in [1.29, 1.82) is 0 Å². The van der Waals surface area contributed by atoms with Gasteiger partial charge in [0.15, 0.2) is 5.78 Å². The molecule has 3 rings (SSSR count). The van der Waals surface area contributed by atoms with Crippen LogP contribution in [0.15, 0.2) is 91.0 Å². The molecule has 32 heavy (non-hydrogen) atoms. The van der Waals surface area contributed by atoms with Crippen molar-refractivity contribution in [1.82, 2.24) is 10.6 Å². The lowest BCUT2D eigenvalue weighted by Gasteiger charge is -2.21. The molecule has 0 spiro atoms. The van der Waals surface area contributed by atoms with Gasteiger partial charge in [0.2, 0.25) is 5.91 Å². The van der Waals surface area contributed by atoms with Crippen LogP contribution >= 0.6 is 0 Å². The predicted molar refractivity (Wildman–Crippen MR) is 122 cm³/mol. The number of aliphatic carboxylic acids is 1. The number of carboxylic acids is 1. The first-order valence-electron chi connectivity index (χ1n) is 10.5. The first-order valence-corrected chi connectivity index (χ1v) is 10.5. The van der Waals surface area contributed by atoms with Crippen molar-refractivity contribution >= 4 is 17.7 Å². The van der Waals surface area contributed by atoms with Crippen LogP contribution in [0.2, 0.25) is 0 Å². The van der Waals surface area contributed by atoms with E-state index < -0.39 is 24.0 Å². The maximum absolute atomic E-state index is 13.0. The Morgan fingerprint density at radius 3 is 1.81 bits per heavy atom. The number of hydrogen-bond acceptors (Lipinski definition) is 4. The average Bonchev–Trinajstić information content (AvgIpc) is 2.83. The molecular weight excluding hydrogens is 404 g/mol. The molecule has 0 aliphatic carbocycles. The molecular formula is C26H26N2O4. The average molecular weight is 431 g/mol. The highest BCUT2D eigenvalue weighted by Gasteiger charge is 2.27. The first-order chi connectivity index (χ1) is 15.5. The molecule has 3 aromatic carbocycles. The lowest BCUT2D eigenvalue weighted by atomic mass is 10.0. The van der Waals surface area contributed by atoms with Gasteiger partial charge in [-0.25, -0.2) is 4.79 Å². The smallest absolute Gasteiger partial charge is 0.326 e. The lowest BCUT2D eigenvalue weighted by Crippen LogP contribution is -2.51. The maximum Gasteiger partial charge on any atom is 0.326 e. The summed E-state index contributed by atoms with van der Waals surface area (Å²) in [5.41, 5.74) is 2.26. The van der Waals surface area contributed by atoms with Crippen LogP contribution in [0.3, 0.4) is 0 Å². The van der Waals surface area contributed by atoms with Crippen LogP contribution in [-0.2, 0) is 22.6 Å². The molecule has 2 atom stereocenters. The minimum Gasteiger partial charge on any atom is -0.480 e. The summed E-state index contributed by atoms with van der Waals surface area (Å²) in [6, 6.07) is 25.4. The molecule has 0 bridgehead atoms. The molecule has 6 nitrogen and oxygen atoms in total. The van der Waals surface area contributed by atoms with Crippen molar-refractivity contribution in [3.8, 4) is 0 Å². The minimum absolute atomic E-state index is 0.0830. The van der Waals surface area contributed by atoms with Crippen molar-refractivity contribution in [3.63, 3.8) is 0 Å². The van der Waals surface area contributed by atoms with E-state index in [0.29, 0.717) is 12.1 Å². The topological polar surface area (TPSA) is 95.5 Å². The number of ketones is 1. The van der Waals surface area contributed by atoms with Crippen LogP contribution < -0.4 is 10.6 Å². The Bertz CT molecular complexity index is 1020. The molecule has 0 radical (unpaired) electrons. The summed E-state index contributed by atoms with van der Waals surface area (Å²) in [5.74, 6) is -1.84. The molecule has 0 aliphatic rings. The molecule has 3 aromatic rings. The molecule has 0 aromatic heterocycles. The molecule has 0 fully saturated rings. The Labute approximate surface area is 187 Å². The molecule has 164 valence electrons. The van der Waals surface area contributed by atoms with E-state index >= 15 is 0 Å². The fraction of sp³-hybridized carbons (Fsp3) is 0.192. The van der Waals surface area contributed by atoms with Crippen LogP contribution in [0.1, 0.15) is 27.9 Å². The van der Waals surface area contributed by atoms with Gasteiger partial charge in [0, 0.05) is 24.9 Å². The molecule has 0 saturated heterocycles. The number of carbonyl (C=O) groups is 3. The van der Waals surface area contributed by atoms with E-state index in [1.165, 1.54) is 0 Å². The number of rotatable bonds is 11. The molecule has 3 N–H and O–H groups in total. The first kappa shape index (κ1) is 22.9. The van der Waals surface area contributed by atoms with Crippen LogP contribution in [0.4, 0.5) is 0 Å². The van der Waals surface area contributed by atoms with Crippen LogP contribution in [0.5, 0.6) is 0 Å². The Balaban J connectivity index is 1.72. The van der Waals surface area contributed by atoms with Gasteiger partial charge in [-0.1, -0.05) is 91.0 Å². The highest BCUT2D eigenvalue weighted by Crippen LogP contribution is 2.09. The van der Waals surface area contributed by atoms with Crippen molar-refractivity contribution in [2.24, 2.45) is 0 Å². The third-order valence-electron chi connectivity index (χ3n) is 5.09. The second-order valence-electron chi connectivity index (χ2n) is 7.50. The van der Waals surface area contributed by atoms with E-state index in [2.05, 4.69) is 10.6 Å². The summed E-state index contributed by atoms with van der Waals surface area (Å²) in [6.45, 7) is 0.372. The van der Waals surface area contributed by atoms with E-state index in [0.717, 1.165) is 11.1 Å². The zero-order valence-corrected chi connectivity index (χ0v) is 17.6. The molecule has 1 amide bonds. The number of Topliss-reactive ketones (excluding diaryl/α,β-unsaturated/α-hetero) is 1. The summed E-state index contributed by atoms with van der Waals surface area (Å²) in [5, 5.41) is 15.4. The minimum atomic E-state index is -1.13. The number of hydrogen-bond donors (Lipinski definition) is 3.